The van der Waals surface area contributed by atoms with Crippen molar-refractivity contribution in [1.82, 2.24) is 15.2 Å². The fourth-order valence-corrected chi connectivity index (χ4v) is 3.44. The molecule has 1 fully saturated rings. The first-order valence-electron chi connectivity index (χ1n) is 9.51. The molecule has 1 aromatic heterocycles. The molecule has 0 aliphatic carbocycles. The van der Waals surface area contributed by atoms with E-state index in [1.807, 2.05) is 25.5 Å². The Morgan fingerprint density at radius 2 is 2.16 bits per heavy atom. The lowest BCUT2D eigenvalue weighted by Crippen LogP contribution is -2.42. The molecule has 25 heavy (non-hydrogen) atoms. The lowest BCUT2D eigenvalue weighted by atomic mass is 9.89. The van der Waals surface area contributed by atoms with Crippen LogP contribution in [0, 0.1) is 11.8 Å². The van der Waals surface area contributed by atoms with Crippen molar-refractivity contribution in [3.8, 4) is 0 Å². The lowest BCUT2D eigenvalue weighted by molar-refractivity contribution is 0.0625. The Labute approximate surface area is 152 Å². The Hall–Kier alpha value is -1.62. The smallest absolute Gasteiger partial charge is 0.193 e. The van der Waals surface area contributed by atoms with Gasteiger partial charge in [0, 0.05) is 58.7 Å². The zero-order valence-corrected chi connectivity index (χ0v) is 16.2. The third-order valence-corrected chi connectivity index (χ3v) is 5.18. The number of pyridine rings is 1. The minimum atomic E-state index is 0.425. The molecule has 5 nitrogen and oxygen atoms in total. The fraction of sp³-hybridized carbons (Fsp3) is 0.700. The van der Waals surface area contributed by atoms with E-state index in [-0.39, 0.29) is 0 Å². The van der Waals surface area contributed by atoms with Crippen molar-refractivity contribution in [2.24, 2.45) is 16.8 Å². The number of aliphatic imine (C=N–C) groups is 1. The van der Waals surface area contributed by atoms with Gasteiger partial charge in [-0.3, -0.25) is 9.98 Å². The number of guanidine groups is 1. The predicted molar refractivity (Wildman–Crippen MR) is 104 cm³/mol. The summed E-state index contributed by atoms with van der Waals surface area (Å²) >= 11 is 0. The molecular formula is C20H34N4O. The third kappa shape index (κ3) is 6.31. The maximum Gasteiger partial charge on any atom is 0.193 e. The Morgan fingerprint density at radius 3 is 2.76 bits per heavy atom. The van der Waals surface area contributed by atoms with Gasteiger partial charge in [0.1, 0.15) is 0 Å². The van der Waals surface area contributed by atoms with Crippen LogP contribution in [0.15, 0.2) is 29.5 Å². The van der Waals surface area contributed by atoms with E-state index in [4.69, 9.17) is 4.74 Å². The van der Waals surface area contributed by atoms with Crippen LogP contribution in [0.3, 0.4) is 0 Å². The number of nitrogens with one attached hydrogen (secondary N) is 1. The van der Waals surface area contributed by atoms with Crippen LogP contribution in [0.1, 0.15) is 44.6 Å². The van der Waals surface area contributed by atoms with E-state index in [0.29, 0.717) is 11.8 Å². The van der Waals surface area contributed by atoms with Crippen molar-refractivity contribution in [1.29, 1.82) is 0 Å². The monoisotopic (exact) mass is 346 g/mol. The van der Waals surface area contributed by atoms with Crippen molar-refractivity contribution in [2.75, 3.05) is 40.4 Å². The van der Waals surface area contributed by atoms with Gasteiger partial charge in [-0.2, -0.15) is 0 Å². The predicted octanol–water partition coefficient (Wildman–Crippen LogP) is 3.15. The topological polar surface area (TPSA) is 49.8 Å². The van der Waals surface area contributed by atoms with Gasteiger partial charge in [-0.1, -0.05) is 19.9 Å². The van der Waals surface area contributed by atoms with Crippen LogP contribution in [0.4, 0.5) is 0 Å². The summed E-state index contributed by atoms with van der Waals surface area (Å²) in [5, 5.41) is 3.56. The summed E-state index contributed by atoms with van der Waals surface area (Å²) in [5.41, 5.74) is 1.28. The Balaban J connectivity index is 1.85. The minimum absolute atomic E-state index is 0.425. The van der Waals surface area contributed by atoms with Crippen LogP contribution in [-0.2, 0) is 4.74 Å². The summed E-state index contributed by atoms with van der Waals surface area (Å²) in [6.45, 7) is 8.26. The van der Waals surface area contributed by atoms with E-state index in [0.717, 1.165) is 38.2 Å². The number of hydrogen-bond donors (Lipinski definition) is 1. The first-order valence-corrected chi connectivity index (χ1v) is 9.51. The molecule has 0 amide bonds. The summed E-state index contributed by atoms with van der Waals surface area (Å²) in [6, 6.07) is 4.18. The van der Waals surface area contributed by atoms with Gasteiger partial charge in [-0.05, 0) is 42.7 Å². The number of nitrogens with zero attached hydrogens (tertiary/aromatic N) is 3. The molecule has 0 spiro atoms. The zero-order chi connectivity index (χ0) is 18.1. The molecule has 2 heterocycles. The van der Waals surface area contributed by atoms with Gasteiger partial charge in [0.2, 0.25) is 0 Å². The van der Waals surface area contributed by atoms with Gasteiger partial charge in [-0.25, -0.2) is 0 Å². The maximum absolute atomic E-state index is 5.45. The Bertz CT molecular complexity index is 512. The summed E-state index contributed by atoms with van der Waals surface area (Å²) in [5.74, 6) is 2.73. The van der Waals surface area contributed by atoms with Gasteiger partial charge in [0.05, 0.1) is 0 Å². The van der Waals surface area contributed by atoms with Crippen LogP contribution in [0.25, 0.3) is 0 Å². The van der Waals surface area contributed by atoms with E-state index < -0.39 is 0 Å². The number of rotatable bonds is 7. The largest absolute Gasteiger partial charge is 0.381 e. The molecule has 1 unspecified atom stereocenters. The minimum Gasteiger partial charge on any atom is -0.381 e. The molecule has 5 heteroatoms. The molecule has 0 radical (unpaired) electrons. The second kappa shape index (κ2) is 10.4. The van der Waals surface area contributed by atoms with Gasteiger partial charge in [0.15, 0.2) is 5.96 Å². The SMILES string of the molecule is CN=C(NCC(c1cccnc1)C(C)C)N(C)CCC1CCOCC1. The zero-order valence-electron chi connectivity index (χ0n) is 16.2. The van der Waals surface area contributed by atoms with Crippen molar-refractivity contribution in [3.05, 3.63) is 30.1 Å². The van der Waals surface area contributed by atoms with Crippen molar-refractivity contribution in [3.63, 3.8) is 0 Å². The van der Waals surface area contributed by atoms with Crippen LogP contribution in [0.5, 0.6) is 0 Å². The van der Waals surface area contributed by atoms with Gasteiger partial charge < -0.3 is 15.0 Å². The molecule has 0 aromatic carbocycles. The van der Waals surface area contributed by atoms with E-state index in [9.17, 15) is 0 Å². The van der Waals surface area contributed by atoms with Crippen molar-refractivity contribution in [2.45, 2.75) is 39.0 Å². The number of ether oxygens (including phenoxy) is 1. The quantitative estimate of drug-likeness (QED) is 0.609. The molecule has 1 aliphatic rings. The fourth-order valence-electron chi connectivity index (χ4n) is 3.44. The Kier molecular flexibility index (Phi) is 8.19. The van der Waals surface area contributed by atoms with Gasteiger partial charge in [0.25, 0.3) is 0 Å². The second-order valence-corrected chi connectivity index (χ2v) is 7.33. The second-order valence-electron chi connectivity index (χ2n) is 7.33. The third-order valence-electron chi connectivity index (χ3n) is 5.18. The molecule has 1 N–H and O–H groups in total. The molecule has 1 aromatic rings. The van der Waals surface area contributed by atoms with E-state index in [2.05, 4.69) is 47.2 Å². The molecule has 140 valence electrons. The van der Waals surface area contributed by atoms with Crippen LogP contribution >= 0.6 is 0 Å². The van der Waals surface area contributed by atoms with Crippen molar-refractivity contribution >= 4 is 5.96 Å². The average Bonchev–Trinajstić information content (AvgIpc) is 2.64. The van der Waals surface area contributed by atoms with Crippen LogP contribution < -0.4 is 5.32 Å². The van der Waals surface area contributed by atoms with Crippen LogP contribution in [0.2, 0.25) is 0 Å². The Morgan fingerprint density at radius 1 is 1.40 bits per heavy atom. The van der Waals surface area contributed by atoms with Crippen molar-refractivity contribution < 1.29 is 4.74 Å². The van der Waals surface area contributed by atoms with E-state index in [1.165, 1.54) is 24.8 Å². The first kappa shape index (κ1) is 19.7. The molecular weight excluding hydrogens is 312 g/mol. The highest BCUT2D eigenvalue weighted by atomic mass is 16.5. The number of aromatic nitrogens is 1. The van der Waals surface area contributed by atoms with E-state index in [1.54, 1.807) is 0 Å². The highest BCUT2D eigenvalue weighted by Gasteiger charge is 2.18. The standard InChI is InChI=1S/C20H34N4O/c1-16(2)19(18-6-5-10-22-14-18)15-23-20(21-3)24(4)11-7-17-8-12-25-13-9-17/h5-6,10,14,16-17,19H,7-9,11-13,15H2,1-4H3,(H,21,23). The van der Waals surface area contributed by atoms with E-state index >= 15 is 0 Å². The van der Waals surface area contributed by atoms with Gasteiger partial charge >= 0.3 is 0 Å². The summed E-state index contributed by atoms with van der Waals surface area (Å²) < 4.78 is 5.45. The molecule has 1 atom stereocenters. The van der Waals surface area contributed by atoms with Crippen LogP contribution in [-0.4, -0.2) is 56.2 Å². The lowest BCUT2D eigenvalue weighted by Gasteiger charge is -2.28. The average molecular weight is 347 g/mol. The molecule has 0 saturated carbocycles. The summed E-state index contributed by atoms with van der Waals surface area (Å²) in [4.78, 5) is 11.0. The first-order chi connectivity index (χ1) is 12.1. The van der Waals surface area contributed by atoms with Gasteiger partial charge in [-0.15, -0.1) is 0 Å². The highest BCUT2D eigenvalue weighted by molar-refractivity contribution is 5.79. The molecule has 1 aliphatic heterocycles. The highest BCUT2D eigenvalue weighted by Crippen LogP contribution is 2.23. The number of hydrogen-bond acceptors (Lipinski definition) is 3. The maximum atomic E-state index is 5.45. The molecule has 0 bridgehead atoms. The molecule has 1 saturated heterocycles. The summed E-state index contributed by atoms with van der Waals surface area (Å²) in [7, 11) is 3.99. The molecule has 2 rings (SSSR count). The summed E-state index contributed by atoms with van der Waals surface area (Å²) in [6.07, 6.45) is 7.39. The normalized spacial score (nSPS) is 17.6.